The molecule has 3 unspecified atom stereocenters. The number of nitrogens with zero attached hydrogens (tertiary/aromatic N) is 1. The molecule has 0 aromatic heterocycles. The van der Waals surface area contributed by atoms with E-state index in [-0.39, 0.29) is 5.97 Å². The second-order valence-electron chi connectivity index (χ2n) is 5.63. The maximum atomic E-state index is 12.5. The van der Waals surface area contributed by atoms with E-state index in [0.29, 0.717) is 5.92 Å². The van der Waals surface area contributed by atoms with Crippen molar-refractivity contribution >= 4 is 27.6 Å². The summed E-state index contributed by atoms with van der Waals surface area (Å²) in [6.45, 7) is 3.02. The van der Waals surface area contributed by atoms with Crippen LogP contribution >= 0.6 is 15.9 Å². The first kappa shape index (κ1) is 13.9. The summed E-state index contributed by atoms with van der Waals surface area (Å²) < 4.78 is 6.12. The molecule has 1 aromatic rings. The van der Waals surface area contributed by atoms with Gasteiger partial charge in [-0.15, -0.1) is 0 Å². The topological polar surface area (TPSA) is 41.6 Å². The Bertz CT molecular complexity index is 522. The molecule has 4 nitrogen and oxygen atoms in total. The van der Waals surface area contributed by atoms with Crippen LogP contribution in [0.25, 0.3) is 0 Å². The number of hydrogen-bond acceptors (Lipinski definition) is 4. The minimum absolute atomic E-state index is 0.135. The number of fused-ring (bicyclic) bond motifs is 2. The second kappa shape index (κ2) is 5.37. The summed E-state index contributed by atoms with van der Waals surface area (Å²) in [5, 5.41) is 3.48. The Morgan fingerprint density at radius 1 is 1.50 bits per heavy atom. The number of esters is 1. The first-order valence-electron chi connectivity index (χ1n) is 6.98. The summed E-state index contributed by atoms with van der Waals surface area (Å²) in [7, 11) is 1.48. The van der Waals surface area contributed by atoms with Gasteiger partial charge in [-0.1, -0.05) is 22.0 Å². The maximum absolute atomic E-state index is 12.5. The van der Waals surface area contributed by atoms with Crippen molar-refractivity contribution in [1.82, 2.24) is 4.90 Å². The van der Waals surface area contributed by atoms with Crippen LogP contribution in [0.1, 0.15) is 12.8 Å². The van der Waals surface area contributed by atoms with E-state index < -0.39 is 5.54 Å². The third-order valence-corrected chi connectivity index (χ3v) is 5.03. The maximum Gasteiger partial charge on any atom is 0.331 e. The Morgan fingerprint density at radius 3 is 3.10 bits per heavy atom. The van der Waals surface area contributed by atoms with E-state index in [4.69, 9.17) is 4.74 Å². The summed E-state index contributed by atoms with van der Waals surface area (Å²) in [6, 6.07) is 7.96. The highest BCUT2D eigenvalue weighted by Gasteiger charge is 2.52. The van der Waals surface area contributed by atoms with Crippen molar-refractivity contribution in [1.29, 1.82) is 0 Å². The molecular formula is C15H19BrN2O2. The SMILES string of the molecule is COC(=O)C1(Nc2cccc(Br)c2)CCN2CCC1C2. The minimum Gasteiger partial charge on any atom is -0.467 e. The molecular weight excluding hydrogens is 320 g/mol. The Morgan fingerprint density at radius 2 is 2.35 bits per heavy atom. The average molecular weight is 339 g/mol. The van der Waals surface area contributed by atoms with Crippen LogP contribution in [0.5, 0.6) is 0 Å². The van der Waals surface area contributed by atoms with Crippen molar-refractivity contribution in [2.45, 2.75) is 18.4 Å². The number of piperidine rings is 1. The molecule has 2 fully saturated rings. The van der Waals surface area contributed by atoms with Crippen LogP contribution in [0.15, 0.2) is 28.7 Å². The van der Waals surface area contributed by atoms with E-state index in [1.807, 2.05) is 24.3 Å². The number of rotatable bonds is 3. The number of nitrogens with one attached hydrogen (secondary N) is 1. The summed E-state index contributed by atoms with van der Waals surface area (Å²) in [5.41, 5.74) is 0.382. The molecule has 20 heavy (non-hydrogen) atoms. The highest BCUT2D eigenvalue weighted by Crippen LogP contribution is 2.39. The van der Waals surface area contributed by atoms with Gasteiger partial charge in [-0.2, -0.15) is 0 Å². The van der Waals surface area contributed by atoms with Crippen LogP contribution in [0.3, 0.4) is 0 Å². The molecule has 108 valence electrons. The van der Waals surface area contributed by atoms with Gasteiger partial charge in [0.15, 0.2) is 0 Å². The lowest BCUT2D eigenvalue weighted by Crippen LogP contribution is -2.57. The van der Waals surface area contributed by atoms with E-state index in [9.17, 15) is 4.79 Å². The van der Waals surface area contributed by atoms with Crippen LogP contribution in [-0.4, -0.2) is 43.2 Å². The quantitative estimate of drug-likeness (QED) is 0.860. The Hall–Kier alpha value is -1.07. The molecule has 2 saturated heterocycles. The normalized spacial score (nSPS) is 31.9. The van der Waals surface area contributed by atoms with Crippen molar-refractivity contribution in [3.8, 4) is 0 Å². The number of carbonyl (C=O) groups is 1. The number of hydrogen-bond donors (Lipinski definition) is 1. The summed E-state index contributed by atoms with van der Waals surface area (Å²) in [5.74, 6) is 0.187. The van der Waals surface area contributed by atoms with Crippen LogP contribution in [0.2, 0.25) is 0 Å². The fraction of sp³-hybridized carbons (Fsp3) is 0.533. The highest BCUT2D eigenvalue weighted by molar-refractivity contribution is 9.10. The van der Waals surface area contributed by atoms with Crippen molar-refractivity contribution in [3.63, 3.8) is 0 Å². The Kier molecular flexibility index (Phi) is 3.73. The molecule has 0 saturated carbocycles. The molecule has 0 aliphatic carbocycles. The molecule has 2 bridgehead atoms. The second-order valence-corrected chi connectivity index (χ2v) is 6.55. The number of carbonyl (C=O) groups excluding carboxylic acids is 1. The predicted octanol–water partition coefficient (Wildman–Crippen LogP) is 2.50. The number of ether oxygens (including phenoxy) is 1. The predicted molar refractivity (Wildman–Crippen MR) is 81.7 cm³/mol. The zero-order valence-corrected chi connectivity index (χ0v) is 13.1. The number of benzene rings is 1. The van der Waals surface area contributed by atoms with Crippen LogP contribution in [-0.2, 0) is 9.53 Å². The van der Waals surface area contributed by atoms with Gasteiger partial charge in [0.25, 0.3) is 0 Å². The van der Waals surface area contributed by atoms with E-state index in [1.54, 1.807) is 0 Å². The van der Waals surface area contributed by atoms with Gasteiger partial charge in [-0.3, -0.25) is 0 Å². The van der Waals surface area contributed by atoms with Crippen molar-refractivity contribution in [3.05, 3.63) is 28.7 Å². The van der Waals surface area contributed by atoms with E-state index in [2.05, 4.69) is 26.1 Å². The zero-order valence-electron chi connectivity index (χ0n) is 11.6. The molecule has 2 aliphatic rings. The molecule has 1 aromatic carbocycles. The van der Waals surface area contributed by atoms with E-state index >= 15 is 0 Å². The molecule has 3 rings (SSSR count). The minimum atomic E-state index is -0.581. The molecule has 0 spiro atoms. The highest BCUT2D eigenvalue weighted by atomic mass is 79.9. The summed E-state index contributed by atoms with van der Waals surface area (Å²) in [6.07, 6.45) is 1.85. The molecule has 5 heteroatoms. The molecule has 0 radical (unpaired) electrons. The third kappa shape index (κ3) is 2.33. The Labute approximate surface area is 127 Å². The first-order chi connectivity index (χ1) is 9.64. The molecule has 2 heterocycles. The van der Waals surface area contributed by atoms with Gasteiger partial charge in [0.2, 0.25) is 0 Å². The van der Waals surface area contributed by atoms with Crippen molar-refractivity contribution < 1.29 is 9.53 Å². The molecule has 2 aliphatic heterocycles. The lowest BCUT2D eigenvalue weighted by molar-refractivity contribution is -0.149. The van der Waals surface area contributed by atoms with Crippen molar-refractivity contribution in [2.75, 3.05) is 32.1 Å². The lowest BCUT2D eigenvalue weighted by Gasteiger charge is -2.41. The lowest BCUT2D eigenvalue weighted by atomic mass is 9.78. The third-order valence-electron chi connectivity index (χ3n) is 4.53. The van der Waals surface area contributed by atoms with Crippen LogP contribution in [0.4, 0.5) is 5.69 Å². The van der Waals surface area contributed by atoms with E-state index in [0.717, 1.165) is 42.6 Å². The fourth-order valence-electron chi connectivity index (χ4n) is 3.47. The Balaban J connectivity index is 1.92. The zero-order chi connectivity index (χ0) is 14.2. The van der Waals surface area contributed by atoms with Gasteiger partial charge >= 0.3 is 5.97 Å². The van der Waals surface area contributed by atoms with Gasteiger partial charge < -0.3 is 15.0 Å². The molecule has 3 atom stereocenters. The van der Waals surface area contributed by atoms with Crippen LogP contribution in [0, 0.1) is 5.92 Å². The molecule has 0 amide bonds. The number of halogens is 1. The monoisotopic (exact) mass is 338 g/mol. The van der Waals surface area contributed by atoms with Crippen molar-refractivity contribution in [2.24, 2.45) is 5.92 Å². The van der Waals surface area contributed by atoms with Gasteiger partial charge in [-0.05, 0) is 37.6 Å². The van der Waals surface area contributed by atoms with Gasteiger partial charge in [-0.25, -0.2) is 4.79 Å². The summed E-state index contributed by atoms with van der Waals surface area (Å²) in [4.78, 5) is 14.9. The fourth-order valence-corrected chi connectivity index (χ4v) is 3.87. The number of methoxy groups -OCH3 is 1. The summed E-state index contributed by atoms with van der Waals surface area (Å²) >= 11 is 3.47. The average Bonchev–Trinajstić information content (AvgIpc) is 2.86. The van der Waals surface area contributed by atoms with Gasteiger partial charge in [0, 0.05) is 29.2 Å². The number of anilines is 1. The first-order valence-corrected chi connectivity index (χ1v) is 7.78. The van der Waals surface area contributed by atoms with Gasteiger partial charge in [0.1, 0.15) is 5.54 Å². The standard InChI is InChI=1S/C15H19BrN2O2/c1-20-14(19)15(6-8-18-7-5-11(15)10-18)17-13-4-2-3-12(16)9-13/h2-4,9,11,17H,5-8,10H2,1H3. The van der Waals surface area contributed by atoms with Gasteiger partial charge in [0.05, 0.1) is 7.11 Å². The smallest absolute Gasteiger partial charge is 0.331 e. The van der Waals surface area contributed by atoms with Crippen LogP contribution < -0.4 is 5.32 Å². The largest absolute Gasteiger partial charge is 0.467 e. The molecule has 1 N–H and O–H groups in total. The van der Waals surface area contributed by atoms with E-state index in [1.165, 1.54) is 7.11 Å².